The Kier molecular flexibility index (Phi) is 15.9. The molecule has 0 aliphatic carbocycles. The molecule has 0 heterocycles. The summed E-state index contributed by atoms with van der Waals surface area (Å²) in [6.45, 7) is 19.6. The molecule has 2 rings (SSSR count). The molecule has 0 spiro atoms. The van der Waals surface area contributed by atoms with Crippen LogP contribution in [0.25, 0.3) is 0 Å². The van der Waals surface area contributed by atoms with Gasteiger partial charge in [-0.15, -0.1) is 0 Å². The molecular formula is C35H46O13. The number of benzene rings is 2. The van der Waals surface area contributed by atoms with Crippen molar-refractivity contribution in [1.29, 1.82) is 0 Å². The molecule has 0 radical (unpaired) electrons. The summed E-state index contributed by atoms with van der Waals surface area (Å²) >= 11 is 0. The lowest BCUT2D eigenvalue weighted by atomic mass is 9.99. The van der Waals surface area contributed by atoms with Gasteiger partial charge < -0.3 is 28.4 Å². The van der Waals surface area contributed by atoms with E-state index in [1.807, 2.05) is 88.4 Å². The van der Waals surface area contributed by atoms with Gasteiger partial charge in [0.05, 0.1) is 11.1 Å². The van der Waals surface area contributed by atoms with E-state index in [0.717, 1.165) is 11.1 Å². The molecule has 2 aromatic rings. The number of hydrogen-bond acceptors (Lipinski definition) is 13. The van der Waals surface area contributed by atoms with Gasteiger partial charge in [-0.05, 0) is 66.5 Å². The van der Waals surface area contributed by atoms with Crippen LogP contribution in [-0.4, -0.2) is 56.5 Å². The third-order valence-corrected chi connectivity index (χ3v) is 6.35. The maximum atomic E-state index is 12.4. The van der Waals surface area contributed by atoms with Crippen LogP contribution in [0.5, 0.6) is 0 Å². The first kappa shape index (κ1) is 40.1. The van der Waals surface area contributed by atoms with Crippen LogP contribution >= 0.6 is 0 Å². The maximum Gasteiger partial charge on any atom is 0.512 e. The van der Waals surface area contributed by atoms with Gasteiger partial charge in [-0.3, -0.25) is 0 Å². The van der Waals surface area contributed by atoms with Gasteiger partial charge >= 0.3 is 18.1 Å². The smallest absolute Gasteiger partial charge is 0.433 e. The van der Waals surface area contributed by atoms with Crippen molar-refractivity contribution < 1.29 is 62.4 Å². The normalized spacial score (nSPS) is 14.2. The molecule has 0 N–H and O–H groups in total. The minimum absolute atomic E-state index is 0.0282. The minimum Gasteiger partial charge on any atom is -0.433 e. The van der Waals surface area contributed by atoms with Crippen LogP contribution in [0, 0.1) is 0 Å². The molecule has 0 aliphatic heterocycles. The molecule has 13 nitrogen and oxygen atoms in total. The molecule has 0 saturated carbocycles. The highest BCUT2D eigenvalue weighted by Crippen LogP contribution is 2.26. The predicted octanol–water partition coefficient (Wildman–Crippen LogP) is 6.52. The number of ether oxygens (including phenoxy) is 6. The van der Waals surface area contributed by atoms with Crippen LogP contribution in [0.15, 0.2) is 85.0 Å². The van der Waals surface area contributed by atoms with Gasteiger partial charge in [-0.1, -0.05) is 73.8 Å². The van der Waals surface area contributed by atoms with Crippen molar-refractivity contribution in [3.8, 4) is 0 Å². The summed E-state index contributed by atoms with van der Waals surface area (Å²) in [5, 5.41) is 0. The SMILES string of the molecule is C=C(COOC(C)(C)c1ccccc1)C(=O)OC(C)OC(C)OC(=O)OC(C)OC(C)OC(=O)C(=C)COOC(C)(C)c1ccccc1. The van der Waals surface area contributed by atoms with E-state index in [2.05, 4.69) is 13.2 Å². The van der Waals surface area contributed by atoms with Crippen molar-refractivity contribution in [3.05, 3.63) is 96.1 Å². The molecule has 4 unspecified atom stereocenters. The van der Waals surface area contributed by atoms with Gasteiger partial charge in [-0.25, -0.2) is 33.9 Å². The van der Waals surface area contributed by atoms with Gasteiger partial charge in [0.1, 0.15) is 24.4 Å². The fourth-order valence-electron chi connectivity index (χ4n) is 3.81. The van der Waals surface area contributed by atoms with Crippen LogP contribution in [0.4, 0.5) is 4.79 Å². The summed E-state index contributed by atoms with van der Waals surface area (Å²) in [7, 11) is 0. The molecule has 0 saturated heterocycles. The highest BCUT2D eigenvalue weighted by molar-refractivity contribution is 5.88. The zero-order valence-corrected chi connectivity index (χ0v) is 28.7. The fourth-order valence-corrected chi connectivity index (χ4v) is 3.81. The van der Waals surface area contributed by atoms with Crippen LogP contribution < -0.4 is 0 Å². The van der Waals surface area contributed by atoms with E-state index in [1.165, 1.54) is 27.7 Å². The van der Waals surface area contributed by atoms with E-state index in [1.54, 1.807) is 0 Å². The molecule has 4 atom stereocenters. The predicted molar refractivity (Wildman–Crippen MR) is 171 cm³/mol. The number of hydrogen-bond donors (Lipinski definition) is 0. The van der Waals surface area contributed by atoms with E-state index in [0.29, 0.717) is 0 Å². The van der Waals surface area contributed by atoms with Gasteiger partial charge in [0.25, 0.3) is 0 Å². The third-order valence-electron chi connectivity index (χ3n) is 6.35. The second kappa shape index (κ2) is 19.0. The second-order valence-corrected chi connectivity index (χ2v) is 11.5. The van der Waals surface area contributed by atoms with E-state index in [-0.39, 0.29) is 24.4 Å². The lowest BCUT2D eigenvalue weighted by Crippen LogP contribution is -2.31. The quantitative estimate of drug-likeness (QED) is 0.0376. The van der Waals surface area contributed by atoms with E-state index in [9.17, 15) is 14.4 Å². The van der Waals surface area contributed by atoms with Crippen molar-refractivity contribution in [3.63, 3.8) is 0 Å². The standard InChI is InChI=1S/C35H46O13/c1-23(21-39-47-34(7,8)29-17-13-11-14-18-29)31(36)43-25(3)41-27(5)45-33(38)46-28(6)42-26(4)44-32(37)24(2)22-40-48-35(9,10)30-19-15-12-16-20-30/h11-20,25-28H,1-2,21-22H2,3-10H3. The first-order valence-electron chi connectivity index (χ1n) is 15.2. The van der Waals surface area contributed by atoms with Crippen molar-refractivity contribution >= 4 is 18.1 Å². The molecule has 0 aromatic heterocycles. The average Bonchev–Trinajstić information content (AvgIpc) is 3.01. The zero-order chi connectivity index (χ0) is 35.9. The Morgan fingerprint density at radius 1 is 0.562 bits per heavy atom. The molecule has 0 bridgehead atoms. The summed E-state index contributed by atoms with van der Waals surface area (Å²) in [6.07, 6.45) is -5.77. The van der Waals surface area contributed by atoms with Crippen molar-refractivity contribution in [2.24, 2.45) is 0 Å². The van der Waals surface area contributed by atoms with E-state index in [4.69, 9.17) is 48.0 Å². The Morgan fingerprint density at radius 2 is 0.875 bits per heavy atom. The molecule has 264 valence electrons. The van der Waals surface area contributed by atoms with Crippen LogP contribution in [0.1, 0.15) is 66.5 Å². The molecular weight excluding hydrogens is 628 g/mol. The summed E-state index contributed by atoms with van der Waals surface area (Å²) in [6, 6.07) is 18.8. The topological polar surface area (TPSA) is 144 Å². The molecule has 2 aromatic carbocycles. The van der Waals surface area contributed by atoms with Gasteiger partial charge in [-0.2, -0.15) is 0 Å². The molecule has 0 fully saturated rings. The molecule has 48 heavy (non-hydrogen) atoms. The molecule has 0 amide bonds. The average molecular weight is 675 g/mol. The fraction of sp³-hybridized carbons (Fsp3) is 0.457. The van der Waals surface area contributed by atoms with Crippen molar-refractivity contribution in [2.75, 3.05) is 13.2 Å². The lowest BCUT2D eigenvalue weighted by molar-refractivity contribution is -0.353. The van der Waals surface area contributed by atoms with Crippen molar-refractivity contribution in [1.82, 2.24) is 0 Å². The zero-order valence-electron chi connectivity index (χ0n) is 28.7. The summed E-state index contributed by atoms with van der Waals surface area (Å²) in [5.74, 6) is -1.61. The summed E-state index contributed by atoms with van der Waals surface area (Å²) in [5.41, 5.74) is 0.166. The Balaban J connectivity index is 1.64. The third kappa shape index (κ3) is 14.3. The highest BCUT2D eigenvalue weighted by atomic mass is 17.2. The Labute approximate surface area is 281 Å². The first-order valence-corrected chi connectivity index (χ1v) is 15.2. The lowest BCUT2D eigenvalue weighted by Gasteiger charge is -2.24. The summed E-state index contributed by atoms with van der Waals surface area (Å²) in [4.78, 5) is 58.2. The minimum atomic E-state index is -1.18. The Hall–Kier alpha value is -4.11. The molecule has 13 heteroatoms. The second-order valence-electron chi connectivity index (χ2n) is 11.5. The van der Waals surface area contributed by atoms with Gasteiger partial charge in [0, 0.05) is 0 Å². The maximum absolute atomic E-state index is 12.4. The van der Waals surface area contributed by atoms with Crippen molar-refractivity contribution in [2.45, 2.75) is 91.8 Å². The number of esters is 2. The number of carbonyl (C=O) groups excluding carboxylic acids is 3. The highest BCUT2D eigenvalue weighted by Gasteiger charge is 2.26. The van der Waals surface area contributed by atoms with E-state index >= 15 is 0 Å². The van der Waals surface area contributed by atoms with Crippen LogP contribution in [0.3, 0.4) is 0 Å². The Bertz CT molecular complexity index is 1240. The van der Waals surface area contributed by atoms with Crippen LogP contribution in [-0.2, 0) is 68.8 Å². The molecule has 0 aliphatic rings. The Morgan fingerprint density at radius 3 is 1.21 bits per heavy atom. The van der Waals surface area contributed by atoms with E-state index < -0.39 is 54.5 Å². The van der Waals surface area contributed by atoms with Crippen LogP contribution in [0.2, 0.25) is 0 Å². The van der Waals surface area contributed by atoms with Gasteiger partial charge in [0.15, 0.2) is 0 Å². The summed E-state index contributed by atoms with van der Waals surface area (Å²) < 4.78 is 31.0. The largest absolute Gasteiger partial charge is 0.512 e. The number of carbonyl (C=O) groups is 3. The van der Waals surface area contributed by atoms with Gasteiger partial charge in [0.2, 0.25) is 25.2 Å². The number of rotatable bonds is 20. The first-order chi connectivity index (χ1) is 22.5. The monoisotopic (exact) mass is 674 g/mol.